The minimum atomic E-state index is -3.80. The number of carbonyl (C=O) groups is 2. The Morgan fingerprint density at radius 2 is 1.71 bits per heavy atom. The largest absolute Gasteiger partial charge is 0.354 e. The SMILES string of the molecule is CC(C)CNC(=O)C(C)N(Cc1ccc(Cl)c(Cl)c1)C(=O)CN(c1ccccc1Br)S(C)(=O)=O. The lowest BCUT2D eigenvalue weighted by molar-refractivity contribution is -0.139. The van der Waals surface area contributed by atoms with Crippen molar-refractivity contribution in [3.8, 4) is 0 Å². The maximum Gasteiger partial charge on any atom is 0.244 e. The Labute approximate surface area is 219 Å². The molecule has 2 aromatic carbocycles. The van der Waals surface area contributed by atoms with Crippen molar-refractivity contribution < 1.29 is 18.0 Å². The lowest BCUT2D eigenvalue weighted by Gasteiger charge is -2.32. The molecule has 0 saturated heterocycles. The third-order valence-electron chi connectivity index (χ3n) is 4.99. The van der Waals surface area contributed by atoms with E-state index in [1.54, 1.807) is 49.4 Å². The number of amides is 2. The third kappa shape index (κ3) is 7.86. The lowest BCUT2D eigenvalue weighted by atomic mass is 10.1. The van der Waals surface area contributed by atoms with Crippen LogP contribution < -0.4 is 9.62 Å². The fourth-order valence-electron chi connectivity index (χ4n) is 3.12. The van der Waals surface area contributed by atoms with E-state index in [0.717, 1.165) is 10.6 Å². The second-order valence-corrected chi connectivity index (χ2v) is 11.9. The predicted octanol–water partition coefficient (Wildman–Crippen LogP) is 4.71. The zero-order valence-electron chi connectivity index (χ0n) is 19.4. The molecule has 186 valence electrons. The molecule has 2 rings (SSSR count). The zero-order chi connectivity index (χ0) is 25.6. The van der Waals surface area contributed by atoms with Gasteiger partial charge in [-0.2, -0.15) is 0 Å². The van der Waals surface area contributed by atoms with Crippen LogP contribution in [0.25, 0.3) is 0 Å². The summed E-state index contributed by atoms with van der Waals surface area (Å²) in [6, 6.07) is 10.8. The molecule has 1 atom stereocenters. The highest BCUT2D eigenvalue weighted by atomic mass is 79.9. The van der Waals surface area contributed by atoms with Gasteiger partial charge in [0.25, 0.3) is 0 Å². The van der Waals surface area contributed by atoms with Crippen LogP contribution >= 0.6 is 39.1 Å². The van der Waals surface area contributed by atoms with Crippen molar-refractivity contribution in [2.24, 2.45) is 5.92 Å². The molecule has 0 aliphatic rings. The average molecular weight is 593 g/mol. The summed E-state index contributed by atoms with van der Waals surface area (Å²) in [7, 11) is -3.80. The highest BCUT2D eigenvalue weighted by molar-refractivity contribution is 9.10. The number of sulfonamides is 1. The Bertz CT molecular complexity index is 1140. The van der Waals surface area contributed by atoms with E-state index in [2.05, 4.69) is 21.2 Å². The normalized spacial score (nSPS) is 12.4. The fourth-order valence-corrected chi connectivity index (χ4v) is 4.92. The monoisotopic (exact) mass is 591 g/mol. The van der Waals surface area contributed by atoms with Gasteiger partial charge in [0.2, 0.25) is 21.8 Å². The first-order chi connectivity index (χ1) is 15.8. The molecule has 0 saturated carbocycles. The standard InChI is InChI=1S/C23H28BrCl2N3O4S/c1-15(2)12-27-23(31)16(3)28(13-17-9-10-19(25)20(26)11-17)22(30)14-29(34(4,32)33)21-8-6-5-7-18(21)24/h5-11,15-16H,12-14H2,1-4H3,(H,27,31). The first kappa shape index (κ1) is 28.4. The van der Waals surface area contributed by atoms with Gasteiger partial charge in [-0.1, -0.05) is 55.2 Å². The summed E-state index contributed by atoms with van der Waals surface area (Å²) in [6.07, 6.45) is 1.03. The summed E-state index contributed by atoms with van der Waals surface area (Å²) in [5.41, 5.74) is 0.975. The third-order valence-corrected chi connectivity index (χ3v) is 7.53. The van der Waals surface area contributed by atoms with Gasteiger partial charge in [-0.25, -0.2) is 8.42 Å². The minimum absolute atomic E-state index is 0.0412. The van der Waals surface area contributed by atoms with Crippen LogP contribution in [0.5, 0.6) is 0 Å². The number of hydrogen-bond donors (Lipinski definition) is 1. The molecule has 0 fully saturated rings. The number of nitrogens with zero attached hydrogens (tertiary/aromatic N) is 2. The number of rotatable bonds is 10. The number of para-hydroxylation sites is 1. The zero-order valence-corrected chi connectivity index (χ0v) is 23.3. The molecule has 0 bridgehead atoms. The first-order valence-corrected chi connectivity index (χ1v) is 13.9. The van der Waals surface area contributed by atoms with Gasteiger partial charge in [-0.3, -0.25) is 13.9 Å². The fraction of sp³-hybridized carbons (Fsp3) is 0.391. The number of anilines is 1. The van der Waals surface area contributed by atoms with Crippen LogP contribution in [0, 0.1) is 5.92 Å². The maximum atomic E-state index is 13.5. The van der Waals surface area contributed by atoms with Crippen LogP contribution in [0.2, 0.25) is 10.0 Å². The molecule has 7 nitrogen and oxygen atoms in total. The predicted molar refractivity (Wildman–Crippen MR) is 141 cm³/mol. The molecule has 2 amide bonds. The maximum absolute atomic E-state index is 13.5. The van der Waals surface area contributed by atoms with Gasteiger partial charge in [0.1, 0.15) is 12.6 Å². The molecule has 1 N–H and O–H groups in total. The summed E-state index contributed by atoms with van der Waals surface area (Å²) in [5, 5.41) is 3.51. The second-order valence-electron chi connectivity index (χ2n) is 8.31. The van der Waals surface area contributed by atoms with Crippen LogP contribution in [0.15, 0.2) is 46.9 Å². The summed E-state index contributed by atoms with van der Waals surface area (Å²) in [6.45, 7) is 5.54. The molecule has 0 aliphatic heterocycles. The van der Waals surface area contributed by atoms with Gasteiger partial charge in [-0.15, -0.1) is 0 Å². The van der Waals surface area contributed by atoms with E-state index >= 15 is 0 Å². The topological polar surface area (TPSA) is 86.8 Å². The Morgan fingerprint density at radius 3 is 2.26 bits per heavy atom. The van der Waals surface area contributed by atoms with E-state index < -0.39 is 28.5 Å². The summed E-state index contributed by atoms with van der Waals surface area (Å²) >= 11 is 15.5. The Morgan fingerprint density at radius 1 is 1.06 bits per heavy atom. The van der Waals surface area contributed by atoms with Crippen LogP contribution in [0.1, 0.15) is 26.3 Å². The van der Waals surface area contributed by atoms with Gasteiger partial charge in [0.05, 0.1) is 22.0 Å². The van der Waals surface area contributed by atoms with Gasteiger partial charge < -0.3 is 10.2 Å². The second kappa shape index (κ2) is 12.2. The summed E-state index contributed by atoms with van der Waals surface area (Å²) in [5.74, 6) is -0.653. The molecule has 0 radical (unpaired) electrons. The number of nitrogens with one attached hydrogen (secondary N) is 1. The van der Waals surface area contributed by atoms with Crippen molar-refractivity contribution in [3.63, 3.8) is 0 Å². The summed E-state index contributed by atoms with van der Waals surface area (Å²) < 4.78 is 26.7. The van der Waals surface area contributed by atoms with Crippen molar-refractivity contribution in [3.05, 3.63) is 62.5 Å². The summed E-state index contributed by atoms with van der Waals surface area (Å²) in [4.78, 5) is 27.6. The number of carbonyl (C=O) groups excluding carboxylic acids is 2. The van der Waals surface area contributed by atoms with Gasteiger partial charge in [-0.05, 0) is 58.6 Å². The van der Waals surface area contributed by atoms with Crippen molar-refractivity contribution in [2.75, 3.05) is 23.7 Å². The van der Waals surface area contributed by atoms with Crippen LogP contribution in [0.3, 0.4) is 0 Å². The van der Waals surface area contributed by atoms with E-state index in [1.165, 1.54) is 4.90 Å². The molecule has 11 heteroatoms. The molecular weight excluding hydrogens is 565 g/mol. The van der Waals surface area contributed by atoms with Crippen molar-refractivity contribution in [1.29, 1.82) is 0 Å². The number of hydrogen-bond acceptors (Lipinski definition) is 4. The highest BCUT2D eigenvalue weighted by Gasteiger charge is 2.30. The smallest absolute Gasteiger partial charge is 0.244 e. The lowest BCUT2D eigenvalue weighted by Crippen LogP contribution is -2.51. The Hall–Kier alpha value is -1.81. The molecule has 1 unspecified atom stereocenters. The van der Waals surface area contributed by atoms with Crippen molar-refractivity contribution in [1.82, 2.24) is 10.2 Å². The van der Waals surface area contributed by atoms with E-state index in [4.69, 9.17) is 23.2 Å². The molecule has 0 aliphatic carbocycles. The van der Waals surface area contributed by atoms with E-state index in [0.29, 0.717) is 32.3 Å². The van der Waals surface area contributed by atoms with Crippen molar-refractivity contribution >= 4 is 66.7 Å². The van der Waals surface area contributed by atoms with Crippen LogP contribution in [-0.2, 0) is 26.2 Å². The Kier molecular flexibility index (Phi) is 10.2. The van der Waals surface area contributed by atoms with Gasteiger partial charge in [0.15, 0.2) is 0 Å². The van der Waals surface area contributed by atoms with E-state index in [9.17, 15) is 18.0 Å². The molecular formula is C23H28BrCl2N3O4S. The van der Waals surface area contributed by atoms with Gasteiger partial charge >= 0.3 is 0 Å². The number of benzene rings is 2. The quantitative estimate of drug-likeness (QED) is 0.433. The van der Waals surface area contributed by atoms with Crippen LogP contribution in [-0.4, -0.2) is 50.5 Å². The highest BCUT2D eigenvalue weighted by Crippen LogP contribution is 2.28. The molecule has 0 aromatic heterocycles. The van der Waals surface area contributed by atoms with Crippen molar-refractivity contribution in [2.45, 2.75) is 33.4 Å². The van der Waals surface area contributed by atoms with E-state index in [1.807, 2.05) is 13.8 Å². The minimum Gasteiger partial charge on any atom is -0.354 e. The first-order valence-electron chi connectivity index (χ1n) is 10.5. The van der Waals surface area contributed by atoms with E-state index in [-0.39, 0.29) is 18.4 Å². The molecule has 34 heavy (non-hydrogen) atoms. The molecule has 0 spiro atoms. The average Bonchev–Trinajstić information content (AvgIpc) is 2.75. The van der Waals surface area contributed by atoms with Gasteiger partial charge in [0, 0.05) is 17.6 Å². The van der Waals surface area contributed by atoms with Crippen LogP contribution in [0.4, 0.5) is 5.69 Å². The Balaban J connectivity index is 2.40. The number of halogens is 3. The molecule has 0 heterocycles. The molecule has 2 aromatic rings.